The predicted octanol–water partition coefficient (Wildman–Crippen LogP) is 3.05. The summed E-state index contributed by atoms with van der Waals surface area (Å²) in [6.45, 7) is 0.221. The molecule has 2 heterocycles. The maximum Gasteiger partial charge on any atom is 0.279 e. The van der Waals surface area contributed by atoms with Gasteiger partial charge in [0.25, 0.3) is 5.56 Å². The molecule has 0 saturated carbocycles. The highest BCUT2D eigenvalue weighted by Gasteiger charge is 2.16. The quantitative estimate of drug-likeness (QED) is 0.504. The number of amides is 1. The molecule has 4 rings (SSSR count). The van der Waals surface area contributed by atoms with Crippen molar-refractivity contribution in [1.82, 2.24) is 8.97 Å². The first-order valence-electron chi connectivity index (χ1n) is 9.48. The van der Waals surface area contributed by atoms with E-state index in [9.17, 15) is 19.5 Å². The highest BCUT2D eigenvalue weighted by molar-refractivity contribution is 6.30. The first-order chi connectivity index (χ1) is 14.9. The van der Waals surface area contributed by atoms with Crippen LogP contribution < -0.4 is 16.3 Å². The molecule has 0 aliphatic carbocycles. The van der Waals surface area contributed by atoms with Gasteiger partial charge in [-0.2, -0.15) is 0 Å². The molecule has 2 aromatic heterocycles. The molecule has 0 aliphatic heterocycles. The van der Waals surface area contributed by atoms with Gasteiger partial charge >= 0.3 is 0 Å². The molecule has 156 valence electrons. The Morgan fingerprint density at radius 3 is 2.48 bits per heavy atom. The van der Waals surface area contributed by atoms with Gasteiger partial charge in [-0.1, -0.05) is 54.1 Å². The van der Waals surface area contributed by atoms with Gasteiger partial charge in [-0.25, -0.2) is 0 Å². The van der Waals surface area contributed by atoms with E-state index >= 15 is 0 Å². The van der Waals surface area contributed by atoms with Crippen molar-refractivity contribution in [2.75, 3.05) is 5.32 Å². The molecule has 2 aromatic carbocycles. The van der Waals surface area contributed by atoms with Gasteiger partial charge in [0.05, 0.1) is 13.0 Å². The van der Waals surface area contributed by atoms with E-state index < -0.39 is 22.6 Å². The number of carbonyl (C=O) groups is 1. The Kier molecular flexibility index (Phi) is 5.60. The molecule has 0 aliphatic rings. The van der Waals surface area contributed by atoms with Crippen molar-refractivity contribution in [3.05, 3.63) is 110 Å². The van der Waals surface area contributed by atoms with Gasteiger partial charge in [0.1, 0.15) is 5.69 Å². The minimum atomic E-state index is -0.820. The molecule has 1 amide bonds. The standard InChI is InChI=1S/C23H18ClN3O4/c24-17-8-4-7-16(11-17)13-27-10-9-26-14-18(21(29)22(30)20(26)23(27)31)25-19(28)12-15-5-2-1-3-6-15/h1-11,14,30H,12-13H2,(H,25,28). The Morgan fingerprint density at radius 1 is 1.00 bits per heavy atom. The Bertz CT molecular complexity index is 1390. The largest absolute Gasteiger partial charge is 0.502 e. The first kappa shape index (κ1) is 20.4. The summed E-state index contributed by atoms with van der Waals surface area (Å²) in [6, 6.07) is 16.1. The fraction of sp³-hybridized carbons (Fsp3) is 0.0870. The summed E-state index contributed by atoms with van der Waals surface area (Å²) in [5.41, 5.74) is -0.0589. The average molecular weight is 436 g/mol. The fourth-order valence-electron chi connectivity index (χ4n) is 3.33. The molecule has 0 fully saturated rings. The zero-order chi connectivity index (χ0) is 22.0. The number of pyridine rings is 1. The maximum atomic E-state index is 12.9. The summed E-state index contributed by atoms with van der Waals surface area (Å²) < 4.78 is 2.69. The number of benzene rings is 2. The third-order valence-electron chi connectivity index (χ3n) is 4.80. The summed E-state index contributed by atoms with van der Waals surface area (Å²) in [7, 11) is 0. The lowest BCUT2D eigenvalue weighted by molar-refractivity contribution is -0.115. The van der Waals surface area contributed by atoms with Crippen LogP contribution in [0.5, 0.6) is 5.75 Å². The Labute approximate surface area is 181 Å². The van der Waals surface area contributed by atoms with E-state index in [1.165, 1.54) is 27.6 Å². The molecule has 8 heteroatoms. The summed E-state index contributed by atoms with van der Waals surface area (Å²) >= 11 is 5.99. The molecule has 0 unspecified atom stereocenters. The Balaban J connectivity index is 1.66. The number of fused-ring (bicyclic) bond motifs is 1. The van der Waals surface area contributed by atoms with Crippen LogP contribution in [-0.2, 0) is 17.8 Å². The second kappa shape index (κ2) is 8.49. The second-order valence-electron chi connectivity index (χ2n) is 7.05. The number of anilines is 1. The summed E-state index contributed by atoms with van der Waals surface area (Å²) in [6.07, 6.45) is 4.47. The van der Waals surface area contributed by atoms with E-state index in [1.807, 2.05) is 24.3 Å². The topological polar surface area (TPSA) is 92.8 Å². The molecule has 0 atom stereocenters. The van der Waals surface area contributed by atoms with Gasteiger partial charge < -0.3 is 19.4 Å². The number of hydrogen-bond donors (Lipinski definition) is 2. The number of halogens is 1. The van der Waals surface area contributed by atoms with Gasteiger partial charge in [0.2, 0.25) is 11.3 Å². The molecule has 0 radical (unpaired) electrons. The van der Waals surface area contributed by atoms with E-state index in [1.54, 1.807) is 30.3 Å². The average Bonchev–Trinajstić information content (AvgIpc) is 2.74. The molecule has 2 N–H and O–H groups in total. The van der Waals surface area contributed by atoms with Crippen LogP contribution in [0.15, 0.2) is 82.8 Å². The molecule has 31 heavy (non-hydrogen) atoms. The van der Waals surface area contributed by atoms with Crippen molar-refractivity contribution in [3.8, 4) is 5.75 Å². The number of carbonyl (C=O) groups excluding carboxylic acids is 1. The Morgan fingerprint density at radius 2 is 1.74 bits per heavy atom. The van der Waals surface area contributed by atoms with Gasteiger partial charge in [0, 0.05) is 23.6 Å². The lowest BCUT2D eigenvalue weighted by Crippen LogP contribution is -2.26. The minimum absolute atomic E-state index is 0.0744. The van der Waals surface area contributed by atoms with E-state index in [0.29, 0.717) is 5.02 Å². The predicted molar refractivity (Wildman–Crippen MR) is 119 cm³/mol. The molecular weight excluding hydrogens is 418 g/mol. The van der Waals surface area contributed by atoms with E-state index in [4.69, 9.17) is 11.6 Å². The number of aromatic hydroxyl groups is 1. The number of aromatic nitrogens is 2. The molecule has 0 spiro atoms. The fourth-order valence-corrected chi connectivity index (χ4v) is 3.54. The zero-order valence-corrected chi connectivity index (χ0v) is 17.0. The lowest BCUT2D eigenvalue weighted by Gasteiger charge is -2.12. The van der Waals surface area contributed by atoms with Crippen molar-refractivity contribution < 1.29 is 9.90 Å². The van der Waals surface area contributed by atoms with Crippen molar-refractivity contribution in [2.45, 2.75) is 13.0 Å². The molecular formula is C23H18ClN3O4. The lowest BCUT2D eigenvalue weighted by atomic mass is 10.1. The SMILES string of the molecule is O=C(Cc1ccccc1)Nc1cn2ccn(Cc3cccc(Cl)c3)c(=O)c2c(O)c1=O. The van der Waals surface area contributed by atoms with Crippen LogP contribution >= 0.6 is 11.6 Å². The van der Waals surface area contributed by atoms with Crippen LogP contribution in [0.3, 0.4) is 0 Å². The van der Waals surface area contributed by atoms with E-state index in [-0.39, 0.29) is 24.2 Å². The second-order valence-corrected chi connectivity index (χ2v) is 7.48. The number of hydrogen-bond acceptors (Lipinski definition) is 4. The van der Waals surface area contributed by atoms with Crippen molar-refractivity contribution >= 4 is 28.7 Å². The summed E-state index contributed by atoms with van der Waals surface area (Å²) in [5, 5.41) is 13.5. The number of nitrogens with zero attached hydrogens (tertiary/aromatic N) is 2. The van der Waals surface area contributed by atoms with Crippen LogP contribution in [0.4, 0.5) is 5.69 Å². The van der Waals surface area contributed by atoms with E-state index in [2.05, 4.69) is 5.32 Å². The summed E-state index contributed by atoms with van der Waals surface area (Å²) in [5.74, 6) is -1.13. The molecule has 0 bridgehead atoms. The highest BCUT2D eigenvalue weighted by atomic mass is 35.5. The highest BCUT2D eigenvalue weighted by Crippen LogP contribution is 2.15. The van der Waals surface area contributed by atoms with Gasteiger partial charge in [-0.15, -0.1) is 0 Å². The Hall–Kier alpha value is -3.84. The number of nitrogens with one attached hydrogen (secondary N) is 1. The van der Waals surface area contributed by atoms with Gasteiger partial charge in [-0.3, -0.25) is 14.4 Å². The van der Waals surface area contributed by atoms with Gasteiger partial charge in [0.15, 0.2) is 11.3 Å². The van der Waals surface area contributed by atoms with Crippen LogP contribution in [0, 0.1) is 0 Å². The minimum Gasteiger partial charge on any atom is -0.502 e. The smallest absolute Gasteiger partial charge is 0.279 e. The van der Waals surface area contributed by atoms with Crippen LogP contribution in [0.1, 0.15) is 11.1 Å². The van der Waals surface area contributed by atoms with Crippen molar-refractivity contribution in [3.63, 3.8) is 0 Å². The first-order valence-corrected chi connectivity index (χ1v) is 9.86. The maximum absolute atomic E-state index is 12.9. The van der Waals surface area contributed by atoms with Crippen LogP contribution in [0.25, 0.3) is 5.52 Å². The van der Waals surface area contributed by atoms with Crippen molar-refractivity contribution in [2.24, 2.45) is 0 Å². The zero-order valence-electron chi connectivity index (χ0n) is 16.3. The van der Waals surface area contributed by atoms with Gasteiger partial charge in [-0.05, 0) is 23.3 Å². The van der Waals surface area contributed by atoms with E-state index in [0.717, 1.165) is 11.1 Å². The number of rotatable bonds is 5. The monoisotopic (exact) mass is 435 g/mol. The van der Waals surface area contributed by atoms with Crippen LogP contribution in [0.2, 0.25) is 5.02 Å². The van der Waals surface area contributed by atoms with Crippen molar-refractivity contribution in [1.29, 1.82) is 0 Å². The molecule has 0 saturated heterocycles. The third-order valence-corrected chi connectivity index (χ3v) is 5.04. The molecule has 4 aromatic rings. The molecule has 7 nitrogen and oxygen atoms in total. The summed E-state index contributed by atoms with van der Waals surface area (Å²) in [4.78, 5) is 37.8. The van der Waals surface area contributed by atoms with Crippen LogP contribution in [-0.4, -0.2) is 20.0 Å². The third kappa shape index (κ3) is 4.36. The normalized spacial score (nSPS) is 10.9.